The van der Waals surface area contributed by atoms with E-state index in [1.807, 2.05) is 13.8 Å². The third-order valence-electron chi connectivity index (χ3n) is 5.70. The monoisotopic (exact) mass is 402 g/mol. The molecule has 8 heteroatoms. The van der Waals surface area contributed by atoms with Gasteiger partial charge in [0.2, 0.25) is 0 Å². The lowest BCUT2D eigenvalue weighted by atomic mass is 9.63. The smallest absolute Gasteiger partial charge is 0.390 e. The standard InChI is InChI=1S/C19H28F6O2/c1-12(13(26)16(4)8-6-15(2,3)7-9-16)14(27)17(5,10-18(20,21)22)11-19(23,24)25/h27H,6-11H2,1-5H3/b14-12-. The van der Waals surface area contributed by atoms with Gasteiger partial charge >= 0.3 is 12.4 Å². The third kappa shape index (κ3) is 6.42. The van der Waals surface area contributed by atoms with Gasteiger partial charge in [-0.3, -0.25) is 4.79 Å². The van der Waals surface area contributed by atoms with Gasteiger partial charge in [0.1, 0.15) is 5.76 Å². The fraction of sp³-hybridized carbons (Fsp3) is 0.842. The van der Waals surface area contributed by atoms with Crippen LogP contribution in [0.15, 0.2) is 11.3 Å². The fourth-order valence-corrected chi connectivity index (χ4v) is 3.83. The summed E-state index contributed by atoms with van der Waals surface area (Å²) in [4.78, 5) is 12.9. The van der Waals surface area contributed by atoms with E-state index < -0.39 is 53.1 Å². The molecule has 0 aromatic heterocycles. The maximum atomic E-state index is 12.9. The number of Topliss-reactive ketones (excluding diaryl/α,β-unsaturated/α-hetero) is 1. The zero-order valence-corrected chi connectivity index (χ0v) is 16.4. The SMILES string of the molecule is C/C(C(=O)C1(C)CCC(C)(C)CC1)=C(/O)C(C)(CC(F)(F)F)CC(F)(F)F. The van der Waals surface area contributed by atoms with Gasteiger partial charge in [-0.15, -0.1) is 0 Å². The summed E-state index contributed by atoms with van der Waals surface area (Å²) in [6, 6.07) is 0. The molecule has 27 heavy (non-hydrogen) atoms. The molecule has 2 nitrogen and oxygen atoms in total. The van der Waals surface area contributed by atoms with Gasteiger partial charge in [-0.2, -0.15) is 26.3 Å². The van der Waals surface area contributed by atoms with E-state index in [2.05, 4.69) is 0 Å². The number of carbonyl (C=O) groups is 1. The molecule has 1 saturated carbocycles. The van der Waals surface area contributed by atoms with Gasteiger partial charge in [0.25, 0.3) is 0 Å². The van der Waals surface area contributed by atoms with Crippen LogP contribution in [0.1, 0.15) is 73.1 Å². The Morgan fingerprint density at radius 2 is 1.26 bits per heavy atom. The van der Waals surface area contributed by atoms with Crippen molar-refractivity contribution in [2.24, 2.45) is 16.2 Å². The van der Waals surface area contributed by atoms with Gasteiger partial charge < -0.3 is 5.11 Å². The van der Waals surface area contributed by atoms with E-state index in [0.29, 0.717) is 32.6 Å². The molecule has 0 bridgehead atoms. The van der Waals surface area contributed by atoms with Crippen molar-refractivity contribution in [3.8, 4) is 0 Å². The lowest BCUT2D eigenvalue weighted by Crippen LogP contribution is -2.38. The van der Waals surface area contributed by atoms with Crippen LogP contribution >= 0.6 is 0 Å². The highest BCUT2D eigenvalue weighted by Gasteiger charge is 2.50. The number of hydrogen-bond acceptors (Lipinski definition) is 2. The van der Waals surface area contributed by atoms with Gasteiger partial charge in [0, 0.05) is 16.4 Å². The van der Waals surface area contributed by atoms with E-state index in [1.54, 1.807) is 6.92 Å². The van der Waals surface area contributed by atoms with Crippen LogP contribution in [0.3, 0.4) is 0 Å². The number of alkyl halides is 6. The lowest BCUT2D eigenvalue weighted by Gasteiger charge is -2.41. The molecule has 0 heterocycles. The average Bonchev–Trinajstić information content (AvgIpc) is 2.44. The van der Waals surface area contributed by atoms with Crippen molar-refractivity contribution in [1.29, 1.82) is 0 Å². The fourth-order valence-electron chi connectivity index (χ4n) is 3.83. The van der Waals surface area contributed by atoms with Crippen LogP contribution in [0.2, 0.25) is 0 Å². The Hall–Kier alpha value is -1.21. The van der Waals surface area contributed by atoms with E-state index in [9.17, 15) is 36.2 Å². The summed E-state index contributed by atoms with van der Waals surface area (Å²) in [6.07, 6.45) is -11.2. The number of rotatable bonds is 5. The molecule has 0 aromatic rings. The average molecular weight is 402 g/mol. The van der Waals surface area contributed by atoms with Crippen LogP contribution < -0.4 is 0 Å². The highest BCUT2D eigenvalue weighted by atomic mass is 19.4. The molecule has 0 aliphatic heterocycles. The Kier molecular flexibility index (Phi) is 6.46. The largest absolute Gasteiger partial charge is 0.511 e. The molecule has 158 valence electrons. The second kappa shape index (κ2) is 7.32. The van der Waals surface area contributed by atoms with Crippen LogP contribution in [0.25, 0.3) is 0 Å². The third-order valence-corrected chi connectivity index (χ3v) is 5.70. The molecule has 1 N–H and O–H groups in total. The van der Waals surface area contributed by atoms with E-state index in [1.165, 1.54) is 0 Å². The molecule has 0 radical (unpaired) electrons. The minimum Gasteiger partial charge on any atom is -0.511 e. The summed E-state index contributed by atoms with van der Waals surface area (Å²) in [5.74, 6) is -1.70. The van der Waals surface area contributed by atoms with Crippen molar-refractivity contribution >= 4 is 5.78 Å². The van der Waals surface area contributed by atoms with Crippen LogP contribution in [0.5, 0.6) is 0 Å². The highest BCUT2D eigenvalue weighted by molar-refractivity contribution is 5.99. The first kappa shape index (κ1) is 23.8. The molecule has 0 amide bonds. The Morgan fingerprint density at radius 3 is 1.59 bits per heavy atom. The first-order chi connectivity index (χ1) is 11.8. The van der Waals surface area contributed by atoms with Crippen molar-refractivity contribution < 1.29 is 36.2 Å². The van der Waals surface area contributed by atoms with Crippen molar-refractivity contribution in [3.05, 3.63) is 11.3 Å². The van der Waals surface area contributed by atoms with Gasteiger partial charge in [-0.1, -0.05) is 27.7 Å². The summed E-state index contributed by atoms with van der Waals surface area (Å²) in [7, 11) is 0. The summed E-state index contributed by atoms with van der Waals surface area (Å²) in [6.45, 7) is 7.56. The Morgan fingerprint density at radius 1 is 0.889 bits per heavy atom. The number of carbonyl (C=O) groups excluding carboxylic acids is 1. The molecule has 1 fully saturated rings. The predicted molar refractivity (Wildman–Crippen MR) is 90.1 cm³/mol. The number of aliphatic hydroxyl groups is 1. The van der Waals surface area contributed by atoms with Crippen molar-refractivity contribution in [2.75, 3.05) is 0 Å². The molecule has 1 rings (SSSR count). The van der Waals surface area contributed by atoms with Gasteiger partial charge in [-0.05, 0) is 38.0 Å². The van der Waals surface area contributed by atoms with Gasteiger partial charge in [0.05, 0.1) is 12.8 Å². The molecule has 0 saturated heterocycles. The molecule has 1 aliphatic rings. The Balaban J connectivity index is 3.25. The maximum absolute atomic E-state index is 12.9. The van der Waals surface area contributed by atoms with Crippen LogP contribution in [-0.4, -0.2) is 23.2 Å². The van der Waals surface area contributed by atoms with Crippen molar-refractivity contribution in [3.63, 3.8) is 0 Å². The van der Waals surface area contributed by atoms with E-state index in [4.69, 9.17) is 0 Å². The zero-order valence-electron chi connectivity index (χ0n) is 16.4. The lowest BCUT2D eigenvalue weighted by molar-refractivity contribution is -0.190. The van der Waals surface area contributed by atoms with Gasteiger partial charge in [0.15, 0.2) is 5.78 Å². The van der Waals surface area contributed by atoms with Crippen molar-refractivity contribution in [2.45, 2.75) is 85.5 Å². The normalized spacial score (nSPS) is 21.6. The molecular formula is C19H28F6O2. The summed E-state index contributed by atoms with van der Waals surface area (Å²) < 4.78 is 77.3. The minimum absolute atomic E-state index is 0.0283. The van der Waals surface area contributed by atoms with Crippen LogP contribution in [0, 0.1) is 16.2 Å². The minimum atomic E-state index is -4.92. The molecular weight excluding hydrogens is 374 g/mol. The topological polar surface area (TPSA) is 37.3 Å². The molecule has 0 spiro atoms. The summed E-state index contributed by atoms with van der Waals surface area (Å²) in [5, 5.41) is 10.3. The number of ketones is 1. The summed E-state index contributed by atoms with van der Waals surface area (Å²) in [5.41, 5.74) is -3.92. The molecule has 0 atom stereocenters. The van der Waals surface area contributed by atoms with E-state index in [-0.39, 0.29) is 5.41 Å². The quantitative estimate of drug-likeness (QED) is 0.308. The highest BCUT2D eigenvalue weighted by Crippen LogP contribution is 2.49. The predicted octanol–water partition coefficient (Wildman–Crippen LogP) is 6.91. The second-order valence-corrected chi connectivity index (χ2v) is 9.17. The van der Waals surface area contributed by atoms with Crippen LogP contribution in [0.4, 0.5) is 26.3 Å². The first-order valence-electron chi connectivity index (χ1n) is 8.89. The first-order valence-corrected chi connectivity index (χ1v) is 8.89. The molecule has 0 unspecified atom stereocenters. The number of hydrogen-bond donors (Lipinski definition) is 1. The maximum Gasteiger partial charge on any atom is 0.390 e. The number of halogens is 6. The Bertz CT molecular complexity index is 572. The number of allylic oxidation sites excluding steroid dienone is 2. The summed E-state index contributed by atoms with van der Waals surface area (Å²) >= 11 is 0. The van der Waals surface area contributed by atoms with E-state index in [0.717, 1.165) is 6.92 Å². The molecule has 1 aliphatic carbocycles. The van der Waals surface area contributed by atoms with Crippen molar-refractivity contribution in [1.82, 2.24) is 0 Å². The zero-order chi connectivity index (χ0) is 21.5. The van der Waals surface area contributed by atoms with E-state index >= 15 is 0 Å². The van der Waals surface area contributed by atoms with Gasteiger partial charge in [-0.25, -0.2) is 0 Å². The number of aliphatic hydroxyl groups excluding tert-OH is 1. The van der Waals surface area contributed by atoms with Crippen LogP contribution in [-0.2, 0) is 4.79 Å². The second-order valence-electron chi connectivity index (χ2n) is 9.17. The molecule has 0 aromatic carbocycles. The Labute approximate surface area is 156 Å².